The van der Waals surface area contributed by atoms with Gasteiger partial charge in [-0.05, 0) is 70.9 Å². The molecular formula is C26H36N6O4S. The molecule has 0 spiro atoms. The van der Waals surface area contributed by atoms with E-state index in [9.17, 15) is 13.2 Å². The highest BCUT2D eigenvalue weighted by atomic mass is 32.2. The van der Waals surface area contributed by atoms with E-state index in [1.54, 1.807) is 36.3 Å². The summed E-state index contributed by atoms with van der Waals surface area (Å²) in [5.41, 5.74) is 2.33. The zero-order valence-corrected chi connectivity index (χ0v) is 22.5. The van der Waals surface area contributed by atoms with Gasteiger partial charge >= 0.3 is 0 Å². The molecule has 0 bridgehead atoms. The first kappa shape index (κ1) is 25.9. The lowest BCUT2D eigenvalue weighted by Gasteiger charge is -2.45. The Morgan fingerprint density at radius 3 is 2.49 bits per heavy atom. The summed E-state index contributed by atoms with van der Waals surface area (Å²) in [5.74, 6) is 0.625. The van der Waals surface area contributed by atoms with Crippen molar-refractivity contribution in [1.29, 1.82) is 0 Å². The smallest absolute Gasteiger partial charge is 0.249 e. The molecule has 2 fully saturated rings. The number of nitrogens with one attached hydrogen (secondary N) is 2. The van der Waals surface area contributed by atoms with E-state index >= 15 is 0 Å². The number of hydrogen-bond donors (Lipinski definition) is 2. The van der Waals surface area contributed by atoms with Crippen LogP contribution in [-0.2, 0) is 19.6 Å². The number of rotatable bonds is 6. The number of amides is 1. The predicted molar refractivity (Wildman–Crippen MR) is 144 cm³/mol. The Hall–Kier alpha value is -2.73. The molecule has 200 valence electrons. The largest absolute Gasteiger partial charge is 0.381 e. The minimum absolute atomic E-state index is 0.0384. The molecule has 0 aliphatic carbocycles. The zero-order valence-electron chi connectivity index (χ0n) is 21.7. The van der Waals surface area contributed by atoms with Gasteiger partial charge in [0.05, 0.1) is 22.5 Å². The first-order valence-corrected chi connectivity index (χ1v) is 14.4. The van der Waals surface area contributed by atoms with E-state index in [-0.39, 0.29) is 28.9 Å². The lowest BCUT2D eigenvalue weighted by molar-refractivity contribution is -0.119. The molecule has 4 heterocycles. The molecule has 0 saturated carbocycles. The average molecular weight is 529 g/mol. The molecule has 1 unspecified atom stereocenters. The van der Waals surface area contributed by atoms with Crippen LogP contribution >= 0.6 is 0 Å². The fraction of sp³-hybridized carbons (Fsp3) is 0.538. The van der Waals surface area contributed by atoms with Gasteiger partial charge in [0, 0.05) is 44.1 Å². The normalized spacial score (nSPS) is 22.2. The highest BCUT2D eigenvalue weighted by Gasteiger charge is 2.38. The van der Waals surface area contributed by atoms with Gasteiger partial charge in [-0.2, -0.15) is 0 Å². The molecule has 1 aromatic carbocycles. The number of nitrogens with zero attached hydrogens (tertiary/aromatic N) is 4. The van der Waals surface area contributed by atoms with Crippen LogP contribution in [-0.4, -0.2) is 82.7 Å². The van der Waals surface area contributed by atoms with Crippen LogP contribution in [0.25, 0.3) is 0 Å². The zero-order chi connectivity index (χ0) is 26.2. The average Bonchev–Trinajstić information content (AvgIpc) is 2.89. The van der Waals surface area contributed by atoms with E-state index in [0.717, 1.165) is 50.1 Å². The number of likely N-dealkylation sites (tertiary alicyclic amines) is 1. The Labute approximate surface area is 219 Å². The first-order chi connectivity index (χ1) is 17.7. The van der Waals surface area contributed by atoms with Gasteiger partial charge < -0.3 is 24.8 Å². The molecule has 2 saturated heterocycles. The van der Waals surface area contributed by atoms with E-state index < -0.39 is 10.0 Å². The molecule has 3 aliphatic rings. The number of benzene rings is 1. The molecule has 1 amide bonds. The molecule has 10 nitrogen and oxygen atoms in total. The summed E-state index contributed by atoms with van der Waals surface area (Å²) in [6.45, 7) is 5.05. The van der Waals surface area contributed by atoms with Crippen LogP contribution in [0.15, 0.2) is 41.4 Å². The number of carbonyl (C=O) groups excluding carboxylic acids is 1. The van der Waals surface area contributed by atoms with Gasteiger partial charge in [-0.3, -0.25) is 4.79 Å². The standard InChI is InChI=1S/C26H36N6O4S/c1-18-26(33)31(3)24-17-27-25(16-23(24)32(18)21-9-13-36-14-10-21)28-20-5-4-6-22(15-20)37(34,35)29-19-7-11-30(2)12-8-19/h4-6,15-19,21,29H,7-14H2,1-3H3,(H,27,28). The molecular weight excluding hydrogens is 492 g/mol. The summed E-state index contributed by atoms with van der Waals surface area (Å²) in [7, 11) is 0.183. The van der Waals surface area contributed by atoms with Gasteiger partial charge in [0.15, 0.2) is 0 Å². The van der Waals surface area contributed by atoms with Gasteiger partial charge in [0.1, 0.15) is 11.9 Å². The molecule has 2 aromatic rings. The summed E-state index contributed by atoms with van der Waals surface area (Å²) in [6, 6.07) is 8.59. The number of pyridine rings is 1. The molecule has 2 N–H and O–H groups in total. The lowest BCUT2D eigenvalue weighted by Crippen LogP contribution is -2.55. The number of ether oxygens (including phenoxy) is 1. The number of carbonyl (C=O) groups is 1. The van der Waals surface area contributed by atoms with E-state index in [2.05, 4.69) is 24.8 Å². The van der Waals surface area contributed by atoms with Crippen molar-refractivity contribution in [3.8, 4) is 0 Å². The first-order valence-electron chi connectivity index (χ1n) is 12.9. The molecule has 1 aromatic heterocycles. The Bertz CT molecular complexity index is 1240. The fourth-order valence-corrected chi connectivity index (χ4v) is 6.83. The summed E-state index contributed by atoms with van der Waals surface area (Å²) in [6.07, 6.45) is 5.01. The van der Waals surface area contributed by atoms with Gasteiger partial charge in [-0.15, -0.1) is 0 Å². The van der Waals surface area contributed by atoms with Crippen molar-refractivity contribution in [1.82, 2.24) is 14.6 Å². The van der Waals surface area contributed by atoms with Crippen molar-refractivity contribution in [2.45, 2.75) is 55.6 Å². The van der Waals surface area contributed by atoms with E-state index in [4.69, 9.17) is 4.74 Å². The third-order valence-electron chi connectivity index (χ3n) is 7.65. The number of aromatic nitrogens is 1. The Morgan fingerprint density at radius 2 is 1.76 bits per heavy atom. The van der Waals surface area contributed by atoms with Crippen LogP contribution in [0.2, 0.25) is 0 Å². The molecule has 11 heteroatoms. The maximum atomic E-state index is 13.1. The van der Waals surface area contributed by atoms with Gasteiger partial charge in [-0.1, -0.05) is 6.07 Å². The Morgan fingerprint density at radius 1 is 1.03 bits per heavy atom. The molecule has 0 radical (unpaired) electrons. The number of anilines is 4. The van der Waals surface area contributed by atoms with E-state index in [1.165, 1.54) is 0 Å². The number of likely N-dealkylation sites (N-methyl/N-ethyl adjacent to an activating group) is 1. The third kappa shape index (κ3) is 5.45. The highest BCUT2D eigenvalue weighted by Crippen LogP contribution is 2.39. The van der Waals surface area contributed by atoms with Crippen LogP contribution in [0, 0.1) is 0 Å². The second-order valence-electron chi connectivity index (χ2n) is 10.2. The van der Waals surface area contributed by atoms with Gasteiger partial charge in [-0.25, -0.2) is 18.1 Å². The number of fused-ring (bicyclic) bond motifs is 1. The summed E-state index contributed by atoms with van der Waals surface area (Å²) in [4.78, 5) is 23.8. The third-order valence-corrected chi connectivity index (χ3v) is 9.17. The summed E-state index contributed by atoms with van der Waals surface area (Å²) in [5, 5.41) is 3.28. The Balaban J connectivity index is 1.38. The number of sulfonamides is 1. The van der Waals surface area contributed by atoms with Crippen molar-refractivity contribution in [3.63, 3.8) is 0 Å². The SMILES string of the molecule is CC1C(=O)N(C)c2cnc(Nc3cccc(S(=O)(=O)NC4CCN(C)CC4)c3)cc2N1C1CCOCC1. The van der Waals surface area contributed by atoms with Crippen LogP contribution in [0.4, 0.5) is 22.9 Å². The van der Waals surface area contributed by atoms with Crippen LogP contribution < -0.4 is 19.8 Å². The lowest BCUT2D eigenvalue weighted by atomic mass is 10.00. The number of piperidine rings is 1. The quantitative estimate of drug-likeness (QED) is 0.589. The van der Waals surface area contributed by atoms with E-state index in [0.29, 0.717) is 24.7 Å². The van der Waals surface area contributed by atoms with Crippen LogP contribution in [0.3, 0.4) is 0 Å². The fourth-order valence-electron chi connectivity index (χ4n) is 5.48. The summed E-state index contributed by atoms with van der Waals surface area (Å²) >= 11 is 0. The van der Waals surface area contributed by atoms with Crippen molar-refractivity contribution in [2.75, 3.05) is 55.5 Å². The van der Waals surface area contributed by atoms with Crippen molar-refractivity contribution >= 4 is 38.8 Å². The highest BCUT2D eigenvalue weighted by molar-refractivity contribution is 7.89. The second-order valence-corrected chi connectivity index (χ2v) is 11.9. The Kier molecular flexibility index (Phi) is 7.39. The molecule has 1 atom stereocenters. The van der Waals surface area contributed by atoms with Crippen molar-refractivity contribution in [3.05, 3.63) is 36.5 Å². The predicted octanol–water partition coefficient (Wildman–Crippen LogP) is 2.55. The maximum absolute atomic E-state index is 13.1. The maximum Gasteiger partial charge on any atom is 0.249 e. The monoisotopic (exact) mass is 528 g/mol. The molecule has 3 aliphatic heterocycles. The number of hydrogen-bond acceptors (Lipinski definition) is 8. The van der Waals surface area contributed by atoms with Crippen molar-refractivity contribution < 1.29 is 17.9 Å². The minimum Gasteiger partial charge on any atom is -0.381 e. The van der Waals surface area contributed by atoms with Crippen LogP contribution in [0.5, 0.6) is 0 Å². The van der Waals surface area contributed by atoms with Gasteiger partial charge in [0.2, 0.25) is 15.9 Å². The molecule has 37 heavy (non-hydrogen) atoms. The van der Waals surface area contributed by atoms with Gasteiger partial charge in [0.25, 0.3) is 0 Å². The molecule has 5 rings (SSSR count). The van der Waals surface area contributed by atoms with Crippen molar-refractivity contribution in [2.24, 2.45) is 0 Å². The summed E-state index contributed by atoms with van der Waals surface area (Å²) < 4.78 is 34.6. The van der Waals surface area contributed by atoms with E-state index in [1.807, 2.05) is 26.1 Å². The minimum atomic E-state index is -3.64. The van der Waals surface area contributed by atoms with Crippen LogP contribution in [0.1, 0.15) is 32.6 Å². The second kappa shape index (κ2) is 10.6. The topological polar surface area (TPSA) is 107 Å².